The van der Waals surface area contributed by atoms with Gasteiger partial charge in [-0.1, -0.05) is 25.1 Å². The van der Waals surface area contributed by atoms with E-state index in [1.165, 1.54) is 0 Å². The number of benzene rings is 1. The fraction of sp³-hybridized carbons (Fsp3) is 0.250. The number of nitrogens with one attached hydrogen (secondary N) is 3. The number of anilines is 1. The average Bonchev–Trinajstić information content (AvgIpc) is 2.95. The van der Waals surface area contributed by atoms with Crippen molar-refractivity contribution in [2.45, 2.75) is 13.3 Å². The van der Waals surface area contributed by atoms with Gasteiger partial charge in [-0.2, -0.15) is 5.10 Å². The molecule has 22 heavy (non-hydrogen) atoms. The summed E-state index contributed by atoms with van der Waals surface area (Å²) in [5.74, 6) is 0.737. The Kier molecular flexibility index (Phi) is 5.19. The maximum atomic E-state index is 11.9. The van der Waals surface area contributed by atoms with Gasteiger partial charge in [0.05, 0.1) is 18.5 Å². The van der Waals surface area contributed by atoms with Gasteiger partial charge in [-0.05, 0) is 18.6 Å². The van der Waals surface area contributed by atoms with Crippen molar-refractivity contribution in [3.8, 4) is 17.0 Å². The van der Waals surface area contributed by atoms with E-state index >= 15 is 0 Å². The highest BCUT2D eigenvalue weighted by Crippen LogP contribution is 2.31. The Morgan fingerprint density at radius 3 is 3.00 bits per heavy atom. The van der Waals surface area contributed by atoms with Crippen LogP contribution < -0.4 is 15.4 Å². The maximum absolute atomic E-state index is 11.9. The summed E-state index contributed by atoms with van der Waals surface area (Å²) in [5.41, 5.74) is 3.10. The van der Waals surface area contributed by atoms with E-state index in [0.717, 1.165) is 23.4 Å². The molecule has 0 fully saturated rings. The average molecular weight is 300 g/mol. The van der Waals surface area contributed by atoms with E-state index < -0.39 is 0 Å². The zero-order valence-corrected chi connectivity index (χ0v) is 12.8. The number of aromatic nitrogens is 2. The predicted molar refractivity (Wildman–Crippen MR) is 87.2 cm³/mol. The molecular formula is C16H20N4O2. The number of aryl methyl sites for hydroxylation is 1. The van der Waals surface area contributed by atoms with Crippen LogP contribution in [0.5, 0.6) is 5.75 Å². The lowest BCUT2D eigenvalue weighted by molar-refractivity contribution is 0.253. The van der Waals surface area contributed by atoms with E-state index in [2.05, 4.69) is 27.4 Å². The van der Waals surface area contributed by atoms with E-state index in [-0.39, 0.29) is 6.03 Å². The highest BCUT2D eigenvalue weighted by atomic mass is 16.5. The normalized spacial score (nSPS) is 10.1. The molecule has 0 saturated carbocycles. The van der Waals surface area contributed by atoms with Gasteiger partial charge in [-0.3, -0.25) is 5.10 Å². The first-order chi connectivity index (χ1) is 10.7. The van der Waals surface area contributed by atoms with Crippen LogP contribution in [-0.4, -0.2) is 29.9 Å². The van der Waals surface area contributed by atoms with Gasteiger partial charge in [0.2, 0.25) is 0 Å². The number of carbonyl (C=O) groups is 1. The number of nitrogens with zero attached hydrogens (tertiary/aromatic N) is 1. The SMILES string of the molecule is C=CCNC(=O)Nc1c(-c2cccc(OC)c2)n[nH]c1CC. The molecule has 1 aromatic heterocycles. The first-order valence-electron chi connectivity index (χ1n) is 7.07. The van der Waals surface area contributed by atoms with Crippen LogP contribution >= 0.6 is 0 Å². The molecule has 1 aromatic carbocycles. The minimum absolute atomic E-state index is 0.292. The molecule has 3 N–H and O–H groups in total. The summed E-state index contributed by atoms with van der Waals surface area (Å²) < 4.78 is 5.23. The van der Waals surface area contributed by atoms with Gasteiger partial charge in [-0.25, -0.2) is 4.79 Å². The van der Waals surface area contributed by atoms with Crippen LogP contribution in [0.4, 0.5) is 10.5 Å². The Labute approximate surface area is 129 Å². The van der Waals surface area contributed by atoms with Crippen molar-refractivity contribution in [2.75, 3.05) is 19.0 Å². The highest BCUT2D eigenvalue weighted by molar-refractivity contribution is 5.94. The molecule has 0 aliphatic carbocycles. The molecule has 2 rings (SSSR count). The third kappa shape index (κ3) is 3.46. The lowest BCUT2D eigenvalue weighted by Crippen LogP contribution is -2.29. The summed E-state index contributed by atoms with van der Waals surface area (Å²) in [6.45, 7) is 5.97. The smallest absolute Gasteiger partial charge is 0.319 e. The van der Waals surface area contributed by atoms with Crippen molar-refractivity contribution in [2.24, 2.45) is 0 Å². The Hall–Kier alpha value is -2.76. The number of carbonyl (C=O) groups excluding carboxylic acids is 1. The molecule has 2 amide bonds. The van der Waals surface area contributed by atoms with Crippen LogP contribution in [0.1, 0.15) is 12.6 Å². The lowest BCUT2D eigenvalue weighted by atomic mass is 10.1. The molecule has 0 spiro atoms. The standard InChI is InChI=1S/C16H20N4O2/c1-4-9-17-16(21)18-15-13(5-2)19-20-14(15)11-7-6-8-12(10-11)22-3/h4,6-8,10H,1,5,9H2,2-3H3,(H,19,20)(H2,17,18,21). The number of ether oxygens (including phenoxy) is 1. The number of hydrogen-bond donors (Lipinski definition) is 3. The Balaban J connectivity index is 2.33. The number of hydrogen-bond acceptors (Lipinski definition) is 3. The summed E-state index contributed by atoms with van der Waals surface area (Å²) in [6, 6.07) is 7.25. The van der Waals surface area contributed by atoms with Crippen LogP contribution in [0, 0.1) is 0 Å². The third-order valence-electron chi connectivity index (χ3n) is 3.18. The molecule has 0 atom stereocenters. The molecule has 0 aliphatic rings. The molecule has 116 valence electrons. The third-order valence-corrected chi connectivity index (χ3v) is 3.18. The number of amides is 2. The minimum atomic E-state index is -0.292. The van der Waals surface area contributed by atoms with Gasteiger partial charge in [0.15, 0.2) is 0 Å². The van der Waals surface area contributed by atoms with Gasteiger partial charge in [0, 0.05) is 12.1 Å². The van der Waals surface area contributed by atoms with Crippen molar-refractivity contribution in [3.63, 3.8) is 0 Å². The number of aromatic amines is 1. The number of urea groups is 1. The van der Waals surface area contributed by atoms with Crippen molar-refractivity contribution < 1.29 is 9.53 Å². The molecule has 6 heteroatoms. The van der Waals surface area contributed by atoms with E-state index in [1.807, 2.05) is 31.2 Å². The molecule has 0 radical (unpaired) electrons. The van der Waals surface area contributed by atoms with Crippen LogP contribution in [0.15, 0.2) is 36.9 Å². The van der Waals surface area contributed by atoms with Gasteiger partial charge < -0.3 is 15.4 Å². The molecule has 0 saturated heterocycles. The summed E-state index contributed by atoms with van der Waals surface area (Å²) in [4.78, 5) is 11.9. The predicted octanol–water partition coefficient (Wildman–Crippen LogP) is 2.96. The molecule has 6 nitrogen and oxygen atoms in total. The molecular weight excluding hydrogens is 280 g/mol. The lowest BCUT2D eigenvalue weighted by Gasteiger charge is -2.09. The monoisotopic (exact) mass is 300 g/mol. The number of methoxy groups -OCH3 is 1. The Morgan fingerprint density at radius 1 is 1.50 bits per heavy atom. The maximum Gasteiger partial charge on any atom is 0.319 e. The summed E-state index contributed by atoms with van der Waals surface area (Å²) in [5, 5.41) is 12.8. The van der Waals surface area contributed by atoms with Gasteiger partial charge in [0.25, 0.3) is 0 Å². The fourth-order valence-electron chi connectivity index (χ4n) is 2.07. The first kappa shape index (κ1) is 15.6. The minimum Gasteiger partial charge on any atom is -0.497 e. The summed E-state index contributed by atoms with van der Waals surface area (Å²) in [7, 11) is 1.61. The van der Waals surface area contributed by atoms with Crippen LogP contribution in [-0.2, 0) is 6.42 Å². The van der Waals surface area contributed by atoms with Crippen LogP contribution in [0.25, 0.3) is 11.3 Å². The second-order valence-electron chi connectivity index (χ2n) is 4.63. The van der Waals surface area contributed by atoms with E-state index in [1.54, 1.807) is 13.2 Å². The topological polar surface area (TPSA) is 79.0 Å². The summed E-state index contributed by atoms with van der Waals surface area (Å²) >= 11 is 0. The number of rotatable bonds is 6. The molecule has 1 heterocycles. The zero-order chi connectivity index (χ0) is 15.9. The molecule has 2 aromatic rings. The van der Waals surface area contributed by atoms with Crippen molar-refractivity contribution in [1.29, 1.82) is 0 Å². The second kappa shape index (κ2) is 7.31. The summed E-state index contributed by atoms with van der Waals surface area (Å²) in [6.07, 6.45) is 2.35. The Morgan fingerprint density at radius 2 is 2.32 bits per heavy atom. The van der Waals surface area contributed by atoms with Crippen molar-refractivity contribution in [1.82, 2.24) is 15.5 Å². The Bertz CT molecular complexity index is 664. The molecule has 0 unspecified atom stereocenters. The first-order valence-corrected chi connectivity index (χ1v) is 7.07. The highest BCUT2D eigenvalue weighted by Gasteiger charge is 2.16. The van der Waals surface area contributed by atoms with E-state index in [9.17, 15) is 4.79 Å². The molecule has 0 bridgehead atoms. The van der Waals surface area contributed by atoms with Crippen LogP contribution in [0.3, 0.4) is 0 Å². The quantitative estimate of drug-likeness (QED) is 0.718. The van der Waals surface area contributed by atoms with Crippen molar-refractivity contribution in [3.05, 3.63) is 42.6 Å². The molecule has 0 aliphatic heterocycles. The number of H-pyrrole nitrogens is 1. The largest absolute Gasteiger partial charge is 0.497 e. The second-order valence-corrected chi connectivity index (χ2v) is 4.63. The van der Waals surface area contributed by atoms with Crippen LogP contribution in [0.2, 0.25) is 0 Å². The van der Waals surface area contributed by atoms with Crippen molar-refractivity contribution >= 4 is 11.7 Å². The zero-order valence-electron chi connectivity index (χ0n) is 12.8. The fourth-order valence-corrected chi connectivity index (χ4v) is 2.07. The van der Waals surface area contributed by atoms with Gasteiger partial charge in [-0.15, -0.1) is 6.58 Å². The van der Waals surface area contributed by atoms with Gasteiger partial charge >= 0.3 is 6.03 Å². The van der Waals surface area contributed by atoms with Gasteiger partial charge in [0.1, 0.15) is 11.4 Å². The van der Waals surface area contributed by atoms with E-state index in [4.69, 9.17) is 4.74 Å². The van der Waals surface area contributed by atoms with E-state index in [0.29, 0.717) is 17.9 Å².